The number of benzene rings is 3. The third kappa shape index (κ3) is 7.72. The molecular weight excluding hydrogens is 570 g/mol. The monoisotopic (exact) mass is 609 g/mol. The number of rotatable bonds is 11. The third-order valence-electron chi connectivity index (χ3n) is 7.86. The van der Waals surface area contributed by atoms with E-state index in [1.54, 1.807) is 43.3 Å². The lowest BCUT2D eigenvalue weighted by molar-refractivity contribution is -0.140. The van der Waals surface area contributed by atoms with Gasteiger partial charge >= 0.3 is 0 Å². The summed E-state index contributed by atoms with van der Waals surface area (Å²) in [5, 5.41) is 3.53. The number of aryl methyl sites for hydroxylation is 2. The van der Waals surface area contributed by atoms with Gasteiger partial charge in [-0.3, -0.25) is 13.9 Å². The van der Waals surface area contributed by atoms with Crippen molar-refractivity contribution < 1.29 is 18.0 Å². The maximum atomic E-state index is 14.3. The Bertz CT molecular complexity index is 1470. The van der Waals surface area contributed by atoms with Crippen LogP contribution in [0.3, 0.4) is 0 Å². The van der Waals surface area contributed by atoms with Crippen molar-refractivity contribution in [3.8, 4) is 0 Å². The first kappa shape index (κ1) is 31.6. The molecule has 1 saturated carbocycles. The number of halogens is 1. The van der Waals surface area contributed by atoms with Crippen molar-refractivity contribution in [2.24, 2.45) is 0 Å². The van der Waals surface area contributed by atoms with Crippen LogP contribution in [0, 0.1) is 13.8 Å². The average molecular weight is 610 g/mol. The minimum Gasteiger partial charge on any atom is -0.352 e. The molecule has 3 aromatic carbocycles. The molecule has 1 aliphatic carbocycles. The van der Waals surface area contributed by atoms with Crippen LogP contribution >= 0.6 is 11.6 Å². The fourth-order valence-electron chi connectivity index (χ4n) is 5.44. The number of hydrogen-bond donors (Lipinski definition) is 1. The van der Waals surface area contributed by atoms with Crippen LogP contribution < -0.4 is 9.62 Å². The number of hydrogen-bond acceptors (Lipinski definition) is 4. The summed E-state index contributed by atoms with van der Waals surface area (Å²) in [6, 6.07) is 20.1. The minimum atomic E-state index is -4.15. The summed E-state index contributed by atoms with van der Waals surface area (Å²) in [6.07, 6.45) is 5.53. The summed E-state index contributed by atoms with van der Waals surface area (Å²) in [6.45, 7) is 5.32. The third-order valence-corrected chi connectivity index (χ3v) is 9.87. The number of anilines is 1. The van der Waals surface area contributed by atoms with Crippen molar-refractivity contribution in [2.75, 3.05) is 10.8 Å². The fraction of sp³-hybridized carbons (Fsp3) is 0.394. The number of sulfonamides is 1. The van der Waals surface area contributed by atoms with E-state index in [2.05, 4.69) is 5.32 Å². The second kappa shape index (κ2) is 14.2. The number of carbonyl (C=O) groups excluding carboxylic acids is 2. The summed E-state index contributed by atoms with van der Waals surface area (Å²) in [5.41, 5.74) is 2.90. The van der Waals surface area contributed by atoms with Crippen molar-refractivity contribution >= 4 is 39.1 Å². The van der Waals surface area contributed by atoms with Crippen LogP contribution in [0.1, 0.15) is 62.1 Å². The zero-order valence-corrected chi connectivity index (χ0v) is 26.1. The Morgan fingerprint density at radius 1 is 0.952 bits per heavy atom. The van der Waals surface area contributed by atoms with Crippen LogP contribution in [0.5, 0.6) is 0 Å². The van der Waals surface area contributed by atoms with Crippen LogP contribution in [-0.4, -0.2) is 43.8 Å². The fourth-order valence-corrected chi connectivity index (χ4v) is 7.10. The number of nitrogens with one attached hydrogen (secondary N) is 1. The van der Waals surface area contributed by atoms with Crippen molar-refractivity contribution in [1.29, 1.82) is 0 Å². The van der Waals surface area contributed by atoms with E-state index in [1.807, 2.05) is 38.1 Å². The van der Waals surface area contributed by atoms with E-state index < -0.39 is 28.5 Å². The summed E-state index contributed by atoms with van der Waals surface area (Å²) < 4.78 is 29.1. The van der Waals surface area contributed by atoms with Gasteiger partial charge in [0.1, 0.15) is 12.6 Å². The molecule has 9 heteroatoms. The molecule has 7 nitrogen and oxygen atoms in total. The Hall–Kier alpha value is -3.36. The first-order chi connectivity index (χ1) is 20.1. The predicted molar refractivity (Wildman–Crippen MR) is 168 cm³/mol. The molecule has 1 aliphatic rings. The van der Waals surface area contributed by atoms with Gasteiger partial charge in [-0.1, -0.05) is 91.9 Å². The molecule has 0 heterocycles. The van der Waals surface area contributed by atoms with Gasteiger partial charge in [0.25, 0.3) is 10.0 Å². The topological polar surface area (TPSA) is 86.8 Å². The number of nitrogens with zero attached hydrogens (tertiary/aromatic N) is 2. The molecule has 0 aromatic heterocycles. The van der Waals surface area contributed by atoms with Crippen LogP contribution in [0.25, 0.3) is 0 Å². The Balaban J connectivity index is 1.72. The normalized spacial score (nSPS) is 14.7. The SMILES string of the molecule is CC[C@H](C(=O)NC1CCCCC1)N(Cc1ccc(C)cc1)C(=O)CN(c1cc(Cl)ccc1C)S(=O)(=O)c1ccccc1. The molecule has 1 fully saturated rings. The zero-order valence-electron chi connectivity index (χ0n) is 24.6. The Morgan fingerprint density at radius 3 is 2.26 bits per heavy atom. The van der Waals surface area contributed by atoms with Gasteiger partial charge in [0.15, 0.2) is 0 Å². The number of amides is 2. The summed E-state index contributed by atoms with van der Waals surface area (Å²) in [7, 11) is -4.15. The molecule has 0 unspecified atom stereocenters. The van der Waals surface area contributed by atoms with Crippen molar-refractivity contribution in [1.82, 2.24) is 10.2 Å². The van der Waals surface area contributed by atoms with E-state index in [4.69, 9.17) is 11.6 Å². The summed E-state index contributed by atoms with van der Waals surface area (Å²) in [4.78, 5) is 29.5. The Labute approximate surface area is 254 Å². The lowest BCUT2D eigenvalue weighted by atomic mass is 9.95. The van der Waals surface area contributed by atoms with E-state index >= 15 is 0 Å². The molecule has 4 rings (SSSR count). The summed E-state index contributed by atoms with van der Waals surface area (Å²) >= 11 is 6.31. The van der Waals surface area contributed by atoms with Gasteiger partial charge in [-0.05, 0) is 68.5 Å². The zero-order chi connectivity index (χ0) is 30.3. The molecule has 0 radical (unpaired) electrons. The van der Waals surface area contributed by atoms with Gasteiger partial charge < -0.3 is 10.2 Å². The Kier molecular flexibility index (Phi) is 10.7. The van der Waals surface area contributed by atoms with Crippen LogP contribution in [-0.2, 0) is 26.2 Å². The molecule has 1 atom stereocenters. The first-order valence-corrected chi connectivity index (χ1v) is 16.4. The van der Waals surface area contributed by atoms with E-state index in [1.165, 1.54) is 17.0 Å². The molecular formula is C33H40ClN3O4S. The Morgan fingerprint density at radius 2 is 1.62 bits per heavy atom. The van der Waals surface area contributed by atoms with E-state index in [9.17, 15) is 18.0 Å². The predicted octanol–water partition coefficient (Wildman–Crippen LogP) is 6.41. The van der Waals surface area contributed by atoms with Gasteiger partial charge in [-0.15, -0.1) is 0 Å². The van der Waals surface area contributed by atoms with E-state index in [-0.39, 0.29) is 23.4 Å². The molecule has 1 N–H and O–H groups in total. The molecule has 224 valence electrons. The van der Waals surface area contributed by atoms with Crippen molar-refractivity contribution in [2.45, 2.75) is 82.8 Å². The molecule has 42 heavy (non-hydrogen) atoms. The second-order valence-corrected chi connectivity index (χ2v) is 13.3. The molecule has 0 aliphatic heterocycles. The van der Waals surface area contributed by atoms with Gasteiger partial charge in [0.05, 0.1) is 10.6 Å². The quantitative estimate of drug-likeness (QED) is 0.272. The largest absolute Gasteiger partial charge is 0.352 e. The smallest absolute Gasteiger partial charge is 0.264 e. The van der Waals surface area contributed by atoms with Gasteiger partial charge in [-0.2, -0.15) is 0 Å². The van der Waals surface area contributed by atoms with Crippen LogP contribution in [0.2, 0.25) is 5.02 Å². The van der Waals surface area contributed by atoms with Crippen LogP contribution in [0.15, 0.2) is 77.7 Å². The minimum absolute atomic E-state index is 0.0596. The number of carbonyl (C=O) groups is 2. The molecule has 2 amide bonds. The first-order valence-electron chi connectivity index (χ1n) is 14.6. The molecule has 3 aromatic rings. The van der Waals surface area contributed by atoms with Gasteiger partial charge in [-0.25, -0.2) is 8.42 Å². The highest BCUT2D eigenvalue weighted by molar-refractivity contribution is 7.92. The van der Waals surface area contributed by atoms with Crippen LogP contribution in [0.4, 0.5) is 5.69 Å². The summed E-state index contributed by atoms with van der Waals surface area (Å²) in [5.74, 6) is -0.679. The van der Waals surface area contributed by atoms with E-state index in [0.29, 0.717) is 22.7 Å². The highest BCUT2D eigenvalue weighted by Gasteiger charge is 2.35. The van der Waals surface area contributed by atoms with E-state index in [0.717, 1.165) is 47.5 Å². The van der Waals surface area contributed by atoms with Crippen molar-refractivity contribution in [3.05, 3.63) is 94.5 Å². The lowest BCUT2D eigenvalue weighted by Gasteiger charge is -2.34. The van der Waals surface area contributed by atoms with Gasteiger partial charge in [0.2, 0.25) is 11.8 Å². The van der Waals surface area contributed by atoms with Crippen molar-refractivity contribution in [3.63, 3.8) is 0 Å². The average Bonchev–Trinajstić information content (AvgIpc) is 2.99. The molecule has 0 spiro atoms. The maximum Gasteiger partial charge on any atom is 0.264 e. The lowest BCUT2D eigenvalue weighted by Crippen LogP contribution is -2.54. The second-order valence-electron chi connectivity index (χ2n) is 11.0. The highest BCUT2D eigenvalue weighted by Crippen LogP contribution is 2.30. The van der Waals surface area contributed by atoms with Gasteiger partial charge in [0, 0.05) is 17.6 Å². The molecule has 0 saturated heterocycles. The maximum absolute atomic E-state index is 14.3. The standard InChI is InChI=1S/C33H40ClN3O4S/c1-4-30(33(39)35-28-11-7-5-8-12-28)36(22-26-18-15-24(2)16-19-26)32(38)23-37(31-21-27(34)20-17-25(31)3)42(40,41)29-13-9-6-10-14-29/h6,9-10,13-21,28,30H,4-5,7-8,11-12,22-23H2,1-3H3,(H,35,39)/t30-/m1/s1. The highest BCUT2D eigenvalue weighted by atomic mass is 35.5. The molecule has 0 bridgehead atoms.